The van der Waals surface area contributed by atoms with E-state index in [1.165, 1.54) is 0 Å². The quantitative estimate of drug-likeness (QED) is 0.821. The number of aromatic nitrogens is 1. The first-order valence-corrected chi connectivity index (χ1v) is 7.72. The van der Waals surface area contributed by atoms with Crippen LogP contribution in [0, 0.1) is 12.8 Å². The van der Waals surface area contributed by atoms with E-state index in [0.717, 1.165) is 17.8 Å². The Morgan fingerprint density at radius 2 is 1.91 bits per heavy atom. The fourth-order valence-corrected chi connectivity index (χ4v) is 1.86. The smallest absolute Gasteiger partial charge is 0.263 e. The maximum Gasteiger partial charge on any atom is 0.263 e. The van der Waals surface area contributed by atoms with Gasteiger partial charge >= 0.3 is 0 Å². The molecule has 0 unspecified atom stereocenters. The topological polar surface area (TPSA) is 63.2 Å². The van der Waals surface area contributed by atoms with Crippen LogP contribution in [0.1, 0.15) is 19.4 Å². The van der Waals surface area contributed by atoms with E-state index in [1.807, 2.05) is 37.3 Å². The SMILES string of the molecule is Cc1ccc(OCC(=O)Nc2ccc(NCC(C)C)cn2)cc1. The molecule has 1 amide bonds. The van der Waals surface area contributed by atoms with Crippen molar-refractivity contribution in [2.75, 3.05) is 23.8 Å². The number of pyridine rings is 1. The first kappa shape index (κ1) is 16.8. The zero-order valence-corrected chi connectivity index (χ0v) is 13.8. The largest absolute Gasteiger partial charge is 0.484 e. The monoisotopic (exact) mass is 313 g/mol. The Hall–Kier alpha value is -2.56. The Kier molecular flexibility index (Phi) is 5.97. The summed E-state index contributed by atoms with van der Waals surface area (Å²) in [7, 11) is 0. The third-order valence-corrected chi connectivity index (χ3v) is 3.14. The Morgan fingerprint density at radius 1 is 1.17 bits per heavy atom. The van der Waals surface area contributed by atoms with Crippen LogP contribution in [0.2, 0.25) is 0 Å². The van der Waals surface area contributed by atoms with E-state index >= 15 is 0 Å². The van der Waals surface area contributed by atoms with Gasteiger partial charge in [0, 0.05) is 6.54 Å². The molecule has 23 heavy (non-hydrogen) atoms. The van der Waals surface area contributed by atoms with Gasteiger partial charge in [0.15, 0.2) is 6.61 Å². The van der Waals surface area contributed by atoms with Gasteiger partial charge in [-0.15, -0.1) is 0 Å². The maximum absolute atomic E-state index is 11.9. The lowest BCUT2D eigenvalue weighted by Crippen LogP contribution is -2.20. The van der Waals surface area contributed by atoms with Gasteiger partial charge in [-0.2, -0.15) is 0 Å². The molecule has 0 aliphatic rings. The fourth-order valence-electron chi connectivity index (χ4n) is 1.86. The molecule has 1 aromatic heterocycles. The second-order valence-corrected chi connectivity index (χ2v) is 5.86. The Bertz CT molecular complexity index is 622. The third-order valence-electron chi connectivity index (χ3n) is 3.14. The summed E-state index contributed by atoms with van der Waals surface area (Å²) in [5.74, 6) is 1.51. The minimum atomic E-state index is -0.235. The lowest BCUT2D eigenvalue weighted by Gasteiger charge is -2.10. The molecule has 0 spiro atoms. The predicted octanol–water partition coefficient (Wildman–Crippen LogP) is 3.48. The Balaban J connectivity index is 1.79. The molecule has 2 rings (SSSR count). The molecule has 122 valence electrons. The van der Waals surface area contributed by atoms with Crippen LogP contribution in [0.3, 0.4) is 0 Å². The second-order valence-electron chi connectivity index (χ2n) is 5.86. The number of rotatable bonds is 7. The third kappa shape index (κ3) is 5.98. The van der Waals surface area contributed by atoms with Crippen LogP contribution >= 0.6 is 0 Å². The maximum atomic E-state index is 11.9. The zero-order valence-electron chi connectivity index (χ0n) is 13.8. The van der Waals surface area contributed by atoms with Crippen LogP contribution in [-0.4, -0.2) is 24.0 Å². The summed E-state index contributed by atoms with van der Waals surface area (Å²) in [4.78, 5) is 16.1. The average Bonchev–Trinajstić information content (AvgIpc) is 2.53. The zero-order chi connectivity index (χ0) is 16.7. The molecule has 0 aliphatic carbocycles. The van der Waals surface area contributed by atoms with Crippen molar-refractivity contribution in [3.05, 3.63) is 48.2 Å². The molecule has 5 nitrogen and oxygen atoms in total. The number of nitrogens with zero attached hydrogens (tertiary/aromatic N) is 1. The molecule has 0 radical (unpaired) electrons. The normalized spacial score (nSPS) is 10.4. The second kappa shape index (κ2) is 8.17. The summed E-state index contributed by atoms with van der Waals surface area (Å²) in [5.41, 5.74) is 2.09. The molecule has 0 saturated heterocycles. The fraction of sp³-hybridized carbons (Fsp3) is 0.333. The van der Waals surface area contributed by atoms with Gasteiger partial charge in [-0.3, -0.25) is 4.79 Å². The van der Waals surface area contributed by atoms with Gasteiger partial charge in [-0.05, 0) is 37.1 Å². The van der Waals surface area contributed by atoms with Crippen molar-refractivity contribution in [2.45, 2.75) is 20.8 Å². The molecule has 5 heteroatoms. The van der Waals surface area contributed by atoms with Crippen LogP contribution in [0.25, 0.3) is 0 Å². The van der Waals surface area contributed by atoms with Gasteiger partial charge in [0.05, 0.1) is 11.9 Å². The highest BCUT2D eigenvalue weighted by Crippen LogP contribution is 2.12. The van der Waals surface area contributed by atoms with E-state index in [9.17, 15) is 4.79 Å². The molecule has 1 heterocycles. The van der Waals surface area contributed by atoms with E-state index < -0.39 is 0 Å². The predicted molar refractivity (Wildman–Crippen MR) is 92.9 cm³/mol. The molecule has 0 saturated carbocycles. The standard InChI is InChI=1S/C18H23N3O2/c1-13(2)10-19-15-6-9-17(20-11-15)21-18(22)12-23-16-7-4-14(3)5-8-16/h4-9,11,13,19H,10,12H2,1-3H3,(H,20,21,22). The van der Waals surface area contributed by atoms with Crippen molar-refractivity contribution in [1.82, 2.24) is 4.98 Å². The highest BCUT2D eigenvalue weighted by atomic mass is 16.5. The first-order valence-electron chi connectivity index (χ1n) is 7.72. The number of carbonyl (C=O) groups is 1. The van der Waals surface area contributed by atoms with Crippen molar-refractivity contribution in [1.29, 1.82) is 0 Å². The van der Waals surface area contributed by atoms with Crippen LogP contribution in [0.4, 0.5) is 11.5 Å². The van der Waals surface area contributed by atoms with Crippen molar-refractivity contribution >= 4 is 17.4 Å². The number of ether oxygens (including phenoxy) is 1. The Morgan fingerprint density at radius 3 is 2.52 bits per heavy atom. The average molecular weight is 313 g/mol. The van der Waals surface area contributed by atoms with Crippen LogP contribution < -0.4 is 15.4 Å². The summed E-state index contributed by atoms with van der Waals surface area (Å²) in [6.07, 6.45) is 1.71. The number of nitrogens with one attached hydrogen (secondary N) is 2. The first-order chi connectivity index (χ1) is 11.0. The summed E-state index contributed by atoms with van der Waals surface area (Å²) in [6.45, 7) is 7.13. The summed E-state index contributed by atoms with van der Waals surface area (Å²) in [6, 6.07) is 11.2. The summed E-state index contributed by atoms with van der Waals surface area (Å²) >= 11 is 0. The van der Waals surface area contributed by atoms with E-state index in [0.29, 0.717) is 17.5 Å². The minimum Gasteiger partial charge on any atom is -0.484 e. The number of hydrogen-bond acceptors (Lipinski definition) is 4. The molecular weight excluding hydrogens is 290 g/mol. The van der Waals surface area contributed by atoms with Gasteiger partial charge in [0.1, 0.15) is 11.6 Å². The van der Waals surface area contributed by atoms with Gasteiger partial charge in [0.25, 0.3) is 5.91 Å². The highest BCUT2D eigenvalue weighted by Gasteiger charge is 2.05. The molecule has 2 N–H and O–H groups in total. The molecule has 0 bridgehead atoms. The molecular formula is C18H23N3O2. The van der Waals surface area contributed by atoms with E-state index in [1.54, 1.807) is 12.3 Å². The van der Waals surface area contributed by atoms with Gasteiger partial charge < -0.3 is 15.4 Å². The summed E-state index contributed by atoms with van der Waals surface area (Å²) in [5, 5.41) is 5.99. The highest BCUT2D eigenvalue weighted by molar-refractivity contribution is 5.91. The lowest BCUT2D eigenvalue weighted by molar-refractivity contribution is -0.118. The van der Waals surface area contributed by atoms with Crippen molar-refractivity contribution < 1.29 is 9.53 Å². The number of hydrogen-bond donors (Lipinski definition) is 2. The Labute approximate surface area is 137 Å². The van der Waals surface area contributed by atoms with Crippen molar-refractivity contribution in [3.63, 3.8) is 0 Å². The van der Waals surface area contributed by atoms with Gasteiger partial charge in [-0.1, -0.05) is 31.5 Å². The van der Waals surface area contributed by atoms with Crippen LogP contribution in [0.15, 0.2) is 42.6 Å². The molecule has 0 atom stereocenters. The number of benzene rings is 1. The van der Waals surface area contributed by atoms with Crippen molar-refractivity contribution in [3.8, 4) is 5.75 Å². The number of anilines is 2. The molecule has 0 aliphatic heterocycles. The lowest BCUT2D eigenvalue weighted by atomic mass is 10.2. The number of amides is 1. The number of carbonyl (C=O) groups excluding carboxylic acids is 1. The van der Waals surface area contributed by atoms with Gasteiger partial charge in [-0.25, -0.2) is 4.98 Å². The minimum absolute atomic E-state index is 0.0436. The van der Waals surface area contributed by atoms with E-state index in [2.05, 4.69) is 29.5 Å². The van der Waals surface area contributed by atoms with Crippen LogP contribution in [0.5, 0.6) is 5.75 Å². The van der Waals surface area contributed by atoms with Crippen molar-refractivity contribution in [2.24, 2.45) is 5.92 Å². The van der Waals surface area contributed by atoms with E-state index in [-0.39, 0.29) is 12.5 Å². The number of aryl methyl sites for hydroxylation is 1. The molecule has 0 fully saturated rings. The van der Waals surface area contributed by atoms with E-state index in [4.69, 9.17) is 4.74 Å². The van der Waals surface area contributed by atoms with Gasteiger partial charge in [0.2, 0.25) is 0 Å². The van der Waals surface area contributed by atoms with Crippen LogP contribution in [-0.2, 0) is 4.79 Å². The summed E-state index contributed by atoms with van der Waals surface area (Å²) < 4.78 is 5.43. The molecule has 1 aromatic carbocycles. The molecule has 2 aromatic rings.